The van der Waals surface area contributed by atoms with Crippen LogP contribution in [0.1, 0.15) is 26.6 Å². The molecule has 3 aromatic heterocycles. The van der Waals surface area contributed by atoms with E-state index >= 15 is 0 Å². The Morgan fingerprint density at radius 3 is 2.43 bits per heavy atom. The van der Waals surface area contributed by atoms with Crippen molar-refractivity contribution in [2.24, 2.45) is 0 Å². The van der Waals surface area contributed by atoms with Crippen LogP contribution in [0.2, 0.25) is 0 Å². The predicted octanol–water partition coefficient (Wildman–Crippen LogP) is 3.45. The van der Waals surface area contributed by atoms with Crippen molar-refractivity contribution in [1.82, 2.24) is 24.4 Å². The molecule has 0 aliphatic carbocycles. The maximum absolute atomic E-state index is 13.4. The summed E-state index contributed by atoms with van der Waals surface area (Å²) >= 11 is 1.71. The Morgan fingerprint density at radius 1 is 1.14 bits per heavy atom. The van der Waals surface area contributed by atoms with Crippen LogP contribution in [0.4, 0.5) is 0 Å². The number of hydrogen-bond donors (Lipinski definition) is 0. The van der Waals surface area contributed by atoms with Crippen LogP contribution < -0.4 is 14.2 Å². The van der Waals surface area contributed by atoms with Gasteiger partial charge in [-0.2, -0.15) is 0 Å². The Hall–Kier alpha value is -3.70. The summed E-state index contributed by atoms with van der Waals surface area (Å²) in [5, 5.41) is 2.06. The number of amides is 1. The van der Waals surface area contributed by atoms with E-state index in [0.29, 0.717) is 25.3 Å². The molecular weight excluding hydrogens is 494 g/mol. The van der Waals surface area contributed by atoms with Crippen molar-refractivity contribution in [2.45, 2.75) is 26.5 Å². The molecule has 1 fully saturated rings. The van der Waals surface area contributed by atoms with E-state index in [9.17, 15) is 4.79 Å². The quantitative estimate of drug-likeness (QED) is 0.332. The zero-order chi connectivity index (χ0) is 26.2. The number of thiophene rings is 1. The molecule has 37 heavy (non-hydrogen) atoms. The first-order chi connectivity index (χ1) is 18.0. The van der Waals surface area contributed by atoms with E-state index in [0.717, 1.165) is 17.9 Å². The molecule has 4 heterocycles. The summed E-state index contributed by atoms with van der Waals surface area (Å²) in [5.41, 5.74) is 2.72. The molecule has 0 N–H and O–H groups in total. The normalized spacial score (nSPS) is 15.3. The number of hydrogen-bond acceptors (Lipinski definition) is 9. The fourth-order valence-electron chi connectivity index (χ4n) is 3.94. The van der Waals surface area contributed by atoms with E-state index < -0.39 is 0 Å². The Morgan fingerprint density at radius 2 is 1.81 bits per heavy atom. The van der Waals surface area contributed by atoms with Gasteiger partial charge in [-0.1, -0.05) is 31.4 Å². The molecule has 0 aromatic carbocycles. The first kappa shape index (κ1) is 26.4. The summed E-state index contributed by atoms with van der Waals surface area (Å²) in [6.07, 6.45) is 2.81. The molecule has 1 aliphatic heterocycles. The van der Waals surface area contributed by atoms with E-state index in [1.54, 1.807) is 28.4 Å². The third-order valence-electron chi connectivity index (χ3n) is 5.76. The number of morpholine rings is 1. The minimum Gasteiger partial charge on any atom is -0.460 e. The van der Waals surface area contributed by atoms with Crippen LogP contribution in [-0.2, 0) is 11.3 Å². The van der Waals surface area contributed by atoms with Crippen molar-refractivity contribution in [1.29, 1.82) is 0 Å². The van der Waals surface area contributed by atoms with E-state index in [1.807, 2.05) is 26.0 Å². The van der Waals surface area contributed by atoms with Gasteiger partial charge in [0, 0.05) is 22.8 Å². The Balaban J connectivity index is 1.40. The van der Waals surface area contributed by atoms with Gasteiger partial charge in [0.25, 0.3) is 5.91 Å². The largest absolute Gasteiger partial charge is 0.460 e. The van der Waals surface area contributed by atoms with Crippen LogP contribution in [0.15, 0.2) is 48.9 Å². The molecular formula is C26H31N5O5S. The molecule has 4 rings (SSSR count). The molecule has 0 radical (unpaired) electrons. The molecule has 1 saturated heterocycles. The second-order valence-electron chi connectivity index (χ2n) is 8.39. The van der Waals surface area contributed by atoms with Gasteiger partial charge in [-0.25, -0.2) is 0 Å². The van der Waals surface area contributed by atoms with Gasteiger partial charge < -0.3 is 28.4 Å². The molecule has 1 atom stereocenters. The van der Waals surface area contributed by atoms with Crippen molar-refractivity contribution < 1.29 is 23.7 Å². The maximum Gasteiger partial charge on any atom is 0.326 e. The molecule has 0 saturated carbocycles. The number of rotatable bonds is 12. The smallest absolute Gasteiger partial charge is 0.326 e. The van der Waals surface area contributed by atoms with E-state index in [2.05, 4.69) is 44.1 Å². The lowest BCUT2D eigenvalue weighted by atomic mass is 10.2. The zero-order valence-corrected chi connectivity index (χ0v) is 21.9. The van der Waals surface area contributed by atoms with Crippen LogP contribution in [0.3, 0.4) is 0 Å². The standard InChI is InChI=1S/C26H31N5O5S/c1-5-10-34-24-27-25(35-11-6-2)29-26(28-24)36-17-20-15-30(9-12-33-20)23(32)22-14-18(3)31(19(22)4)16-21-8-7-13-37-21/h5-8,13-14,20H,1-2,9-12,15-17H2,3-4H3. The fourth-order valence-corrected chi connectivity index (χ4v) is 4.64. The van der Waals surface area contributed by atoms with Crippen LogP contribution in [-0.4, -0.2) is 75.9 Å². The van der Waals surface area contributed by atoms with Crippen LogP contribution in [0.25, 0.3) is 0 Å². The molecule has 0 spiro atoms. The molecule has 0 bridgehead atoms. The summed E-state index contributed by atoms with van der Waals surface area (Å²) in [6, 6.07) is 6.26. The number of aromatic nitrogens is 4. The van der Waals surface area contributed by atoms with Gasteiger partial charge in [0.1, 0.15) is 25.9 Å². The Kier molecular flexibility index (Phi) is 8.91. The molecule has 1 amide bonds. The second-order valence-corrected chi connectivity index (χ2v) is 9.42. The van der Waals surface area contributed by atoms with Gasteiger partial charge in [0.05, 0.1) is 25.3 Å². The molecule has 196 valence electrons. The lowest BCUT2D eigenvalue weighted by molar-refractivity contribution is -0.0415. The molecule has 1 unspecified atom stereocenters. The van der Waals surface area contributed by atoms with E-state index in [-0.39, 0.29) is 49.9 Å². The number of ether oxygens (including phenoxy) is 4. The van der Waals surface area contributed by atoms with Gasteiger partial charge in [-0.3, -0.25) is 4.79 Å². The lowest BCUT2D eigenvalue weighted by Gasteiger charge is -2.32. The maximum atomic E-state index is 13.4. The van der Waals surface area contributed by atoms with Gasteiger partial charge in [-0.05, 0) is 31.4 Å². The van der Waals surface area contributed by atoms with E-state index in [4.69, 9.17) is 18.9 Å². The summed E-state index contributed by atoms with van der Waals surface area (Å²) in [5.74, 6) is -0.0146. The Labute approximate surface area is 220 Å². The van der Waals surface area contributed by atoms with E-state index in [1.165, 1.54) is 4.88 Å². The minimum atomic E-state index is -0.348. The number of aryl methyl sites for hydroxylation is 1. The number of nitrogens with zero attached hydrogens (tertiary/aromatic N) is 5. The third kappa shape index (κ3) is 6.75. The summed E-state index contributed by atoms with van der Waals surface area (Å²) < 4.78 is 24.6. The highest BCUT2D eigenvalue weighted by molar-refractivity contribution is 7.09. The summed E-state index contributed by atoms with van der Waals surface area (Å²) in [4.78, 5) is 28.9. The highest BCUT2D eigenvalue weighted by atomic mass is 32.1. The lowest BCUT2D eigenvalue weighted by Crippen LogP contribution is -2.47. The molecule has 3 aromatic rings. The summed E-state index contributed by atoms with van der Waals surface area (Å²) in [6.45, 7) is 13.9. The van der Waals surface area contributed by atoms with Gasteiger partial charge in [0.2, 0.25) is 0 Å². The van der Waals surface area contributed by atoms with Gasteiger partial charge >= 0.3 is 18.0 Å². The average molecular weight is 526 g/mol. The molecule has 10 nitrogen and oxygen atoms in total. The monoisotopic (exact) mass is 525 g/mol. The molecule has 1 aliphatic rings. The topological polar surface area (TPSA) is 101 Å². The minimum absolute atomic E-state index is 0.0146. The third-order valence-corrected chi connectivity index (χ3v) is 6.62. The number of carbonyl (C=O) groups is 1. The van der Waals surface area contributed by atoms with Crippen molar-refractivity contribution >= 4 is 17.2 Å². The zero-order valence-electron chi connectivity index (χ0n) is 21.1. The highest BCUT2D eigenvalue weighted by Crippen LogP contribution is 2.22. The second kappa shape index (κ2) is 12.5. The Bertz CT molecular complexity index is 1200. The van der Waals surface area contributed by atoms with Crippen LogP contribution in [0, 0.1) is 13.8 Å². The first-order valence-electron chi connectivity index (χ1n) is 11.9. The van der Waals surface area contributed by atoms with Gasteiger partial charge in [-0.15, -0.1) is 26.3 Å². The highest BCUT2D eigenvalue weighted by Gasteiger charge is 2.28. The first-order valence-corrected chi connectivity index (χ1v) is 12.8. The average Bonchev–Trinajstić information content (AvgIpc) is 3.53. The van der Waals surface area contributed by atoms with Crippen molar-refractivity contribution in [3.8, 4) is 18.0 Å². The SMILES string of the molecule is C=CCOc1nc(OCC=C)nc(OCC2CN(C(=O)c3cc(C)n(Cc4cccs4)c3C)CCO2)n1. The molecule has 11 heteroatoms. The summed E-state index contributed by atoms with van der Waals surface area (Å²) in [7, 11) is 0. The fraction of sp³-hybridized carbons (Fsp3) is 0.385. The van der Waals surface area contributed by atoms with Crippen LogP contribution >= 0.6 is 11.3 Å². The van der Waals surface area contributed by atoms with Crippen molar-refractivity contribution in [2.75, 3.05) is 39.5 Å². The van der Waals surface area contributed by atoms with Crippen molar-refractivity contribution in [3.05, 3.63) is 70.7 Å². The van der Waals surface area contributed by atoms with Crippen LogP contribution in [0.5, 0.6) is 18.0 Å². The van der Waals surface area contributed by atoms with Gasteiger partial charge in [0.15, 0.2) is 0 Å². The number of carbonyl (C=O) groups excluding carboxylic acids is 1. The predicted molar refractivity (Wildman–Crippen MR) is 140 cm³/mol. The van der Waals surface area contributed by atoms with Crippen molar-refractivity contribution in [3.63, 3.8) is 0 Å².